The third-order valence-electron chi connectivity index (χ3n) is 5.02. The lowest BCUT2D eigenvalue weighted by molar-refractivity contribution is -0.119. The van der Waals surface area contributed by atoms with Crippen molar-refractivity contribution in [3.8, 4) is 11.4 Å². The Kier molecular flexibility index (Phi) is 9.41. The number of amides is 1. The molecule has 1 unspecified atom stereocenters. The van der Waals surface area contributed by atoms with Gasteiger partial charge < -0.3 is 20.7 Å². The van der Waals surface area contributed by atoms with Crippen molar-refractivity contribution in [2.24, 2.45) is 16.6 Å². The zero-order valence-electron chi connectivity index (χ0n) is 17.6. The fraction of sp³-hybridized carbons (Fsp3) is 0.476. The summed E-state index contributed by atoms with van der Waals surface area (Å²) in [4.78, 5) is 18.3. The molecule has 1 amide bonds. The molecule has 0 aliphatic carbocycles. The number of benzene rings is 1. The Balaban J connectivity index is 0.00000320. The minimum atomic E-state index is -0.233. The molecule has 0 saturated carbocycles. The largest absolute Gasteiger partial charge is 0.497 e. The Morgan fingerprint density at radius 3 is 2.77 bits per heavy atom. The molecule has 0 spiro atoms. The number of methoxy groups -OCH3 is 1. The summed E-state index contributed by atoms with van der Waals surface area (Å²) in [6.07, 6.45) is 4.44. The summed E-state index contributed by atoms with van der Waals surface area (Å²) < 4.78 is 7.03. The van der Waals surface area contributed by atoms with Crippen LogP contribution in [0.3, 0.4) is 0 Å². The van der Waals surface area contributed by atoms with E-state index in [4.69, 9.17) is 15.5 Å². The van der Waals surface area contributed by atoms with E-state index in [-0.39, 0.29) is 29.9 Å². The Hall–Kier alpha value is -2.30. The Bertz CT molecular complexity index is 836. The summed E-state index contributed by atoms with van der Waals surface area (Å²) in [5.74, 6) is 1.74. The number of aromatic nitrogens is 2. The van der Waals surface area contributed by atoms with Gasteiger partial charge in [-0.25, -0.2) is 9.67 Å². The van der Waals surface area contributed by atoms with Crippen LogP contribution in [0, 0.1) is 5.92 Å². The summed E-state index contributed by atoms with van der Waals surface area (Å²) in [7, 11) is 1.65. The van der Waals surface area contributed by atoms with E-state index in [1.165, 1.54) is 0 Å². The van der Waals surface area contributed by atoms with Gasteiger partial charge in [0.1, 0.15) is 5.75 Å². The Labute approximate surface area is 194 Å². The molecule has 0 bridgehead atoms. The van der Waals surface area contributed by atoms with Crippen molar-refractivity contribution in [2.75, 3.05) is 26.7 Å². The number of nitrogens with one attached hydrogen (secondary N) is 1. The molecule has 30 heavy (non-hydrogen) atoms. The van der Waals surface area contributed by atoms with Crippen molar-refractivity contribution < 1.29 is 9.53 Å². The van der Waals surface area contributed by atoms with Crippen molar-refractivity contribution in [1.29, 1.82) is 0 Å². The highest BCUT2D eigenvalue weighted by Crippen LogP contribution is 2.20. The maximum absolute atomic E-state index is 11.3. The highest BCUT2D eigenvalue weighted by atomic mass is 127. The molecule has 3 rings (SSSR count). The van der Waals surface area contributed by atoms with Gasteiger partial charge in [0.05, 0.1) is 25.0 Å². The first kappa shape index (κ1) is 24.0. The zero-order chi connectivity index (χ0) is 20.6. The van der Waals surface area contributed by atoms with E-state index in [2.05, 4.69) is 22.2 Å². The summed E-state index contributed by atoms with van der Waals surface area (Å²) in [5, 5.41) is 7.99. The molecule has 2 aromatic rings. The monoisotopic (exact) mass is 526 g/mol. The summed E-state index contributed by atoms with van der Waals surface area (Å²) >= 11 is 0. The van der Waals surface area contributed by atoms with Crippen LogP contribution in [0.15, 0.2) is 41.5 Å². The number of aliphatic imine (C=N–C) groups is 1. The van der Waals surface area contributed by atoms with E-state index >= 15 is 0 Å². The predicted molar refractivity (Wildman–Crippen MR) is 128 cm³/mol. The van der Waals surface area contributed by atoms with E-state index in [1.54, 1.807) is 7.11 Å². The first-order chi connectivity index (χ1) is 14.1. The van der Waals surface area contributed by atoms with Crippen molar-refractivity contribution in [2.45, 2.75) is 32.7 Å². The maximum Gasteiger partial charge on any atom is 0.217 e. The Morgan fingerprint density at radius 1 is 1.33 bits per heavy atom. The van der Waals surface area contributed by atoms with E-state index < -0.39 is 0 Å². The number of rotatable bonds is 7. The van der Waals surface area contributed by atoms with Crippen molar-refractivity contribution in [1.82, 2.24) is 20.0 Å². The molecule has 1 saturated heterocycles. The highest BCUT2D eigenvalue weighted by Gasteiger charge is 2.23. The number of ether oxygens (including phenoxy) is 1. The third-order valence-corrected chi connectivity index (χ3v) is 5.02. The van der Waals surface area contributed by atoms with Gasteiger partial charge in [0, 0.05) is 32.3 Å². The van der Waals surface area contributed by atoms with Gasteiger partial charge in [-0.05, 0) is 56.0 Å². The number of primary amides is 1. The third kappa shape index (κ3) is 6.61. The number of carbonyl (C=O) groups is 1. The van der Waals surface area contributed by atoms with Crippen molar-refractivity contribution in [3.63, 3.8) is 0 Å². The van der Waals surface area contributed by atoms with Gasteiger partial charge in [-0.1, -0.05) is 0 Å². The van der Waals surface area contributed by atoms with Crippen LogP contribution in [0.5, 0.6) is 5.75 Å². The number of hydrogen-bond acceptors (Lipinski definition) is 4. The molecule has 1 aromatic heterocycles. The van der Waals surface area contributed by atoms with Gasteiger partial charge >= 0.3 is 0 Å². The predicted octanol–water partition coefficient (Wildman–Crippen LogP) is 2.55. The average Bonchev–Trinajstić information content (AvgIpc) is 3.20. The van der Waals surface area contributed by atoms with E-state index in [0.717, 1.165) is 55.6 Å². The van der Waals surface area contributed by atoms with E-state index in [0.29, 0.717) is 18.9 Å². The number of carbonyl (C=O) groups excluding carboxylic acids is 1. The molecule has 8 nitrogen and oxygen atoms in total. The number of nitrogens with two attached hydrogens (primary N) is 1. The van der Waals surface area contributed by atoms with Crippen LogP contribution >= 0.6 is 24.0 Å². The summed E-state index contributed by atoms with van der Waals surface area (Å²) in [6.45, 7) is 5.06. The van der Waals surface area contributed by atoms with Crippen LogP contribution in [-0.4, -0.2) is 53.3 Å². The molecule has 1 fully saturated rings. The van der Waals surface area contributed by atoms with Gasteiger partial charge in [0.2, 0.25) is 5.91 Å². The van der Waals surface area contributed by atoms with Crippen molar-refractivity contribution in [3.05, 3.63) is 42.2 Å². The first-order valence-corrected chi connectivity index (χ1v) is 10.1. The number of halogens is 1. The molecular formula is C21H31IN6O2. The lowest BCUT2D eigenvalue weighted by Gasteiger charge is -2.34. The van der Waals surface area contributed by atoms with Crippen molar-refractivity contribution >= 4 is 35.8 Å². The van der Waals surface area contributed by atoms with Gasteiger partial charge in [-0.2, -0.15) is 5.10 Å². The van der Waals surface area contributed by atoms with Crippen LogP contribution in [0.2, 0.25) is 0 Å². The number of likely N-dealkylation sites (tertiary alicyclic amines) is 1. The Morgan fingerprint density at radius 2 is 2.10 bits per heavy atom. The lowest BCUT2D eigenvalue weighted by Crippen LogP contribution is -2.47. The van der Waals surface area contributed by atoms with Gasteiger partial charge in [-0.15, -0.1) is 24.0 Å². The molecule has 1 aliphatic heterocycles. The van der Waals surface area contributed by atoms with Crippen LogP contribution in [-0.2, 0) is 11.3 Å². The molecule has 1 aliphatic rings. The number of guanidine groups is 1. The molecule has 3 N–H and O–H groups in total. The zero-order valence-corrected chi connectivity index (χ0v) is 19.9. The fourth-order valence-corrected chi connectivity index (χ4v) is 3.62. The maximum atomic E-state index is 11.3. The number of nitrogens with zero attached hydrogens (tertiary/aromatic N) is 4. The van der Waals surface area contributed by atoms with Crippen LogP contribution < -0.4 is 15.8 Å². The van der Waals surface area contributed by atoms with Gasteiger partial charge in [0.25, 0.3) is 0 Å². The van der Waals surface area contributed by atoms with Crippen LogP contribution in [0.4, 0.5) is 0 Å². The normalized spacial score (nSPS) is 16.7. The minimum absolute atomic E-state index is 0. The summed E-state index contributed by atoms with van der Waals surface area (Å²) in [5.41, 5.74) is 7.25. The highest BCUT2D eigenvalue weighted by molar-refractivity contribution is 14.0. The number of piperidine rings is 1. The van der Waals surface area contributed by atoms with Gasteiger partial charge in [0.15, 0.2) is 5.96 Å². The molecule has 9 heteroatoms. The molecule has 1 atom stereocenters. The first-order valence-electron chi connectivity index (χ1n) is 10.1. The summed E-state index contributed by atoms with van der Waals surface area (Å²) in [6, 6.07) is 9.74. The van der Waals surface area contributed by atoms with Crippen LogP contribution in [0.1, 0.15) is 31.9 Å². The van der Waals surface area contributed by atoms with Gasteiger partial charge in [-0.3, -0.25) is 4.79 Å². The molecule has 2 heterocycles. The minimum Gasteiger partial charge on any atom is -0.497 e. The van der Waals surface area contributed by atoms with E-state index in [1.807, 2.05) is 41.2 Å². The SMILES string of the molecule is CCNC(=NCc1ccn(-c2ccc(OC)cc2)n1)N1CCCC(CC(N)=O)C1.I. The standard InChI is InChI=1S/C21H30N6O2.HI/c1-3-23-21(26-11-4-5-16(15-26)13-20(22)28)24-14-17-10-12-27(25-17)18-6-8-19(29-2)9-7-18;/h6-10,12,16H,3-5,11,13-15H2,1-2H3,(H2,22,28)(H,23,24);1H. The second-order valence-corrected chi connectivity index (χ2v) is 7.24. The smallest absolute Gasteiger partial charge is 0.217 e. The number of hydrogen-bond donors (Lipinski definition) is 2. The fourth-order valence-electron chi connectivity index (χ4n) is 3.62. The molecule has 1 aromatic carbocycles. The van der Waals surface area contributed by atoms with Crippen LogP contribution in [0.25, 0.3) is 5.69 Å². The molecule has 164 valence electrons. The second-order valence-electron chi connectivity index (χ2n) is 7.24. The second kappa shape index (κ2) is 11.8. The topological polar surface area (TPSA) is 97.8 Å². The lowest BCUT2D eigenvalue weighted by atomic mass is 9.95. The van der Waals surface area contributed by atoms with E-state index in [9.17, 15) is 4.79 Å². The molecular weight excluding hydrogens is 495 g/mol. The molecule has 0 radical (unpaired) electrons. The average molecular weight is 526 g/mol. The quantitative estimate of drug-likeness (QED) is 0.329.